The summed E-state index contributed by atoms with van der Waals surface area (Å²) in [6, 6.07) is 5.97. The first-order valence-corrected chi connectivity index (χ1v) is 8.74. The van der Waals surface area contributed by atoms with Gasteiger partial charge in [0.1, 0.15) is 6.07 Å². The van der Waals surface area contributed by atoms with Crippen LogP contribution >= 0.6 is 11.8 Å². The fourth-order valence-corrected chi connectivity index (χ4v) is 3.45. The van der Waals surface area contributed by atoms with Crippen LogP contribution in [0.25, 0.3) is 0 Å². The third kappa shape index (κ3) is 4.62. The van der Waals surface area contributed by atoms with E-state index in [1.807, 2.05) is 18.2 Å². The van der Waals surface area contributed by atoms with Crippen LogP contribution in [0.15, 0.2) is 21.6 Å². The number of nitrogens with zero attached hydrogens (tertiary/aromatic N) is 3. The van der Waals surface area contributed by atoms with Crippen molar-refractivity contribution in [1.29, 1.82) is 15.8 Å². The molecule has 0 radical (unpaired) electrons. The third-order valence-electron chi connectivity index (χ3n) is 3.66. The van der Waals surface area contributed by atoms with E-state index in [0.29, 0.717) is 17.7 Å². The number of hydrogen-bond acceptors (Lipinski definition) is 6. The molecule has 0 aliphatic heterocycles. The molecule has 0 N–H and O–H groups in total. The molecule has 0 aromatic heterocycles. The van der Waals surface area contributed by atoms with Crippen molar-refractivity contribution >= 4 is 17.7 Å². The summed E-state index contributed by atoms with van der Waals surface area (Å²) in [6.45, 7) is 1.87. The largest absolute Gasteiger partial charge is 0.462 e. The molecule has 0 heterocycles. The molecular formula is C17H19N3O2S. The molecule has 0 saturated carbocycles. The lowest BCUT2D eigenvalue weighted by molar-refractivity contribution is -0.138. The summed E-state index contributed by atoms with van der Waals surface area (Å²) < 4.78 is 4.96. The summed E-state index contributed by atoms with van der Waals surface area (Å²) >= 11 is 1.29. The fourth-order valence-electron chi connectivity index (χ4n) is 2.64. The zero-order valence-corrected chi connectivity index (χ0v) is 14.2. The standard InChI is InChI=1S/C17H19N3O2S/c1-3-22-17(21)15(11-20)16(23-2)14-8-6-4-5-7-13(14)12(9-18)10-19/h12H,3-8H2,1-2H3/b16-15+. The molecule has 0 spiro atoms. The van der Waals surface area contributed by atoms with Crippen molar-refractivity contribution in [2.45, 2.75) is 39.0 Å². The van der Waals surface area contributed by atoms with Crippen LogP contribution in [0, 0.1) is 39.9 Å². The minimum Gasteiger partial charge on any atom is -0.462 e. The van der Waals surface area contributed by atoms with E-state index in [0.717, 1.165) is 30.4 Å². The smallest absolute Gasteiger partial charge is 0.350 e. The molecule has 0 saturated heterocycles. The van der Waals surface area contributed by atoms with E-state index >= 15 is 0 Å². The molecule has 0 fully saturated rings. The van der Waals surface area contributed by atoms with Crippen LogP contribution < -0.4 is 0 Å². The zero-order chi connectivity index (χ0) is 17.2. The maximum atomic E-state index is 12.1. The van der Waals surface area contributed by atoms with Crippen molar-refractivity contribution in [2.24, 2.45) is 5.92 Å². The lowest BCUT2D eigenvalue weighted by atomic mass is 9.91. The molecule has 1 rings (SSSR count). The average molecular weight is 329 g/mol. The Morgan fingerprint density at radius 2 is 1.87 bits per heavy atom. The highest BCUT2D eigenvalue weighted by Crippen LogP contribution is 2.38. The van der Waals surface area contributed by atoms with E-state index in [2.05, 4.69) is 0 Å². The van der Waals surface area contributed by atoms with Gasteiger partial charge in [-0.05, 0) is 50.0 Å². The predicted octanol–water partition coefficient (Wildman–Crippen LogP) is 3.61. The molecule has 0 aromatic carbocycles. The first kappa shape index (κ1) is 18.8. The quantitative estimate of drug-likeness (QED) is 0.434. The highest BCUT2D eigenvalue weighted by molar-refractivity contribution is 8.02. The lowest BCUT2D eigenvalue weighted by Crippen LogP contribution is -2.11. The first-order valence-electron chi connectivity index (χ1n) is 7.51. The van der Waals surface area contributed by atoms with Crippen LogP contribution in [0.5, 0.6) is 0 Å². The molecule has 1 aliphatic rings. The summed E-state index contributed by atoms with van der Waals surface area (Å²) in [5.41, 5.74) is 1.50. The topological polar surface area (TPSA) is 97.7 Å². The maximum Gasteiger partial charge on any atom is 0.350 e. The van der Waals surface area contributed by atoms with Gasteiger partial charge in [0.25, 0.3) is 0 Å². The second-order valence-corrected chi connectivity index (χ2v) is 5.81. The minimum absolute atomic E-state index is 0.0385. The van der Waals surface area contributed by atoms with Gasteiger partial charge in [0.05, 0.1) is 18.7 Å². The van der Waals surface area contributed by atoms with Crippen LogP contribution in [0.4, 0.5) is 0 Å². The van der Waals surface area contributed by atoms with Crippen molar-refractivity contribution in [3.8, 4) is 18.2 Å². The Balaban J connectivity index is 3.53. The Kier molecular flexibility index (Phi) is 7.95. The Morgan fingerprint density at radius 1 is 1.22 bits per heavy atom. The van der Waals surface area contributed by atoms with Crippen molar-refractivity contribution in [3.05, 3.63) is 21.6 Å². The number of allylic oxidation sites excluding steroid dienone is 2. The van der Waals surface area contributed by atoms with E-state index in [1.54, 1.807) is 13.2 Å². The van der Waals surface area contributed by atoms with Crippen molar-refractivity contribution in [3.63, 3.8) is 0 Å². The summed E-state index contributed by atoms with van der Waals surface area (Å²) in [6.07, 6.45) is 5.91. The van der Waals surface area contributed by atoms with E-state index in [1.165, 1.54) is 11.8 Å². The van der Waals surface area contributed by atoms with Crippen LogP contribution in [0.1, 0.15) is 39.0 Å². The molecule has 0 aromatic rings. The Morgan fingerprint density at radius 3 is 2.39 bits per heavy atom. The van der Waals surface area contributed by atoms with Crippen LogP contribution in [0.2, 0.25) is 0 Å². The second kappa shape index (κ2) is 9.72. The van der Waals surface area contributed by atoms with E-state index < -0.39 is 11.9 Å². The van der Waals surface area contributed by atoms with Gasteiger partial charge >= 0.3 is 5.97 Å². The predicted molar refractivity (Wildman–Crippen MR) is 87.6 cm³/mol. The van der Waals surface area contributed by atoms with Gasteiger partial charge in [0, 0.05) is 4.91 Å². The number of rotatable bonds is 5. The van der Waals surface area contributed by atoms with E-state index in [9.17, 15) is 20.6 Å². The summed E-state index contributed by atoms with van der Waals surface area (Å²) in [4.78, 5) is 12.6. The number of nitriles is 3. The molecule has 23 heavy (non-hydrogen) atoms. The van der Waals surface area contributed by atoms with Crippen LogP contribution in [0.3, 0.4) is 0 Å². The summed E-state index contributed by atoms with van der Waals surface area (Å²) in [5.74, 6) is -1.49. The Bertz CT molecular complexity index is 630. The van der Waals surface area contributed by atoms with Crippen molar-refractivity contribution < 1.29 is 9.53 Å². The van der Waals surface area contributed by atoms with Crippen molar-refractivity contribution in [1.82, 2.24) is 0 Å². The number of ether oxygens (including phenoxy) is 1. The summed E-state index contributed by atoms with van der Waals surface area (Å²) in [7, 11) is 0. The van der Waals surface area contributed by atoms with Gasteiger partial charge in [-0.2, -0.15) is 15.8 Å². The molecule has 5 nitrogen and oxygen atoms in total. The summed E-state index contributed by atoms with van der Waals surface area (Å²) in [5, 5.41) is 27.9. The molecule has 0 bridgehead atoms. The molecule has 0 atom stereocenters. The molecule has 120 valence electrons. The maximum absolute atomic E-state index is 12.1. The van der Waals surface area contributed by atoms with Gasteiger partial charge in [0.2, 0.25) is 0 Å². The Labute approximate surface area is 141 Å². The number of thioether (sulfide) groups is 1. The van der Waals surface area contributed by atoms with Crippen LogP contribution in [-0.4, -0.2) is 18.8 Å². The zero-order valence-electron chi connectivity index (χ0n) is 13.4. The van der Waals surface area contributed by atoms with Crippen LogP contribution in [-0.2, 0) is 9.53 Å². The van der Waals surface area contributed by atoms with Crippen molar-refractivity contribution in [2.75, 3.05) is 12.9 Å². The molecule has 0 unspecified atom stereocenters. The second-order valence-electron chi connectivity index (χ2n) is 5.00. The third-order valence-corrected chi connectivity index (χ3v) is 4.52. The fraction of sp³-hybridized carbons (Fsp3) is 0.529. The average Bonchev–Trinajstić information content (AvgIpc) is 2.80. The number of esters is 1. The van der Waals surface area contributed by atoms with E-state index in [-0.39, 0.29) is 12.2 Å². The van der Waals surface area contributed by atoms with Gasteiger partial charge in [-0.25, -0.2) is 4.79 Å². The number of carbonyl (C=O) groups is 1. The molecule has 1 aliphatic carbocycles. The van der Waals surface area contributed by atoms with Gasteiger partial charge in [-0.3, -0.25) is 0 Å². The normalized spacial score (nSPS) is 15.8. The SMILES string of the molecule is CCOC(=O)/C(C#N)=C(/SC)C1=C(C(C#N)C#N)CCCCC1. The minimum atomic E-state index is -0.840. The van der Waals surface area contributed by atoms with Gasteiger partial charge in [-0.15, -0.1) is 11.8 Å². The van der Waals surface area contributed by atoms with E-state index in [4.69, 9.17) is 4.74 Å². The number of carbonyl (C=O) groups excluding carboxylic acids is 1. The molecular weight excluding hydrogens is 310 g/mol. The Hall–Kier alpha value is -2.23. The first-order chi connectivity index (χ1) is 11.1. The molecule has 6 heteroatoms. The van der Waals surface area contributed by atoms with Gasteiger partial charge in [0.15, 0.2) is 11.5 Å². The van der Waals surface area contributed by atoms with Gasteiger partial charge in [-0.1, -0.05) is 6.42 Å². The monoisotopic (exact) mass is 329 g/mol. The lowest BCUT2D eigenvalue weighted by Gasteiger charge is -2.16. The van der Waals surface area contributed by atoms with Gasteiger partial charge < -0.3 is 4.74 Å². The highest BCUT2D eigenvalue weighted by atomic mass is 32.2. The highest BCUT2D eigenvalue weighted by Gasteiger charge is 2.26. The molecule has 0 amide bonds. The number of hydrogen-bond donors (Lipinski definition) is 0.